The predicted molar refractivity (Wildman–Crippen MR) is 85.5 cm³/mol. The van der Waals surface area contributed by atoms with Crippen LogP contribution in [0.25, 0.3) is 0 Å². The Morgan fingerprint density at radius 1 is 1.00 bits per heavy atom. The van der Waals surface area contributed by atoms with E-state index in [0.29, 0.717) is 19.3 Å². The van der Waals surface area contributed by atoms with Crippen LogP contribution in [0.5, 0.6) is 0 Å². The molecule has 0 bridgehead atoms. The molecule has 20 heavy (non-hydrogen) atoms. The maximum absolute atomic E-state index is 5.62. The summed E-state index contributed by atoms with van der Waals surface area (Å²) >= 11 is 0. The zero-order chi connectivity index (χ0) is 14.6. The van der Waals surface area contributed by atoms with E-state index < -0.39 is 0 Å². The summed E-state index contributed by atoms with van der Waals surface area (Å²) in [5, 5.41) is 0. The highest BCUT2D eigenvalue weighted by Crippen LogP contribution is 2.21. The highest BCUT2D eigenvalue weighted by Gasteiger charge is 2.14. The van der Waals surface area contributed by atoms with Crippen molar-refractivity contribution in [2.24, 2.45) is 4.99 Å². The minimum absolute atomic E-state index is 0.0570. The van der Waals surface area contributed by atoms with Gasteiger partial charge in [-0.05, 0) is 39.5 Å². The summed E-state index contributed by atoms with van der Waals surface area (Å²) in [6.07, 6.45) is 10.9. The lowest BCUT2D eigenvalue weighted by molar-refractivity contribution is -0.138. The molecule has 1 aliphatic carbocycles. The minimum atomic E-state index is -0.0570. The zero-order valence-corrected chi connectivity index (χ0v) is 13.7. The van der Waals surface area contributed by atoms with Gasteiger partial charge in [-0.15, -0.1) is 0 Å². The number of nitrogens with zero attached hydrogens (tertiary/aromatic N) is 1. The van der Waals surface area contributed by atoms with Gasteiger partial charge in [0.1, 0.15) is 0 Å². The lowest BCUT2D eigenvalue weighted by Crippen LogP contribution is -2.20. The van der Waals surface area contributed by atoms with Crippen LogP contribution in [0.2, 0.25) is 0 Å². The third-order valence-corrected chi connectivity index (χ3v) is 3.85. The molecule has 0 atom stereocenters. The molecule has 1 rings (SSSR count). The zero-order valence-electron chi connectivity index (χ0n) is 13.7. The molecule has 3 nitrogen and oxygen atoms in total. The molecule has 0 aliphatic heterocycles. The van der Waals surface area contributed by atoms with Crippen molar-refractivity contribution in [1.29, 1.82) is 0 Å². The van der Waals surface area contributed by atoms with Gasteiger partial charge in [0.25, 0.3) is 0 Å². The molecule has 1 fully saturated rings. The summed E-state index contributed by atoms with van der Waals surface area (Å²) in [6, 6.07) is 0.586. The fourth-order valence-corrected chi connectivity index (χ4v) is 2.88. The molecule has 1 saturated carbocycles. The van der Waals surface area contributed by atoms with E-state index in [1.54, 1.807) is 0 Å². The first kappa shape index (κ1) is 17.6. The van der Waals surface area contributed by atoms with Crippen molar-refractivity contribution in [2.45, 2.75) is 90.9 Å². The second kappa shape index (κ2) is 11.3. The van der Waals surface area contributed by atoms with Gasteiger partial charge in [0.2, 0.25) is 0 Å². The van der Waals surface area contributed by atoms with Gasteiger partial charge in [-0.25, -0.2) is 0 Å². The summed E-state index contributed by atoms with van der Waals surface area (Å²) in [6.45, 7) is 7.71. The summed E-state index contributed by atoms with van der Waals surface area (Å²) in [5.74, 6) is 0. The van der Waals surface area contributed by atoms with E-state index in [4.69, 9.17) is 14.5 Å². The van der Waals surface area contributed by atoms with Crippen LogP contribution in [0.15, 0.2) is 4.99 Å². The number of hydrogen-bond acceptors (Lipinski definition) is 3. The molecule has 0 amide bonds. The average Bonchev–Trinajstić information content (AvgIpc) is 2.46. The van der Waals surface area contributed by atoms with Crippen LogP contribution in [0.1, 0.15) is 78.6 Å². The van der Waals surface area contributed by atoms with Crippen molar-refractivity contribution in [2.75, 3.05) is 13.2 Å². The van der Waals surface area contributed by atoms with Gasteiger partial charge in [-0.3, -0.25) is 4.99 Å². The summed E-state index contributed by atoms with van der Waals surface area (Å²) in [5.41, 5.74) is 1.38. The van der Waals surface area contributed by atoms with Crippen LogP contribution in [0.4, 0.5) is 0 Å². The molecule has 118 valence electrons. The molecule has 0 spiro atoms. The highest BCUT2D eigenvalue weighted by molar-refractivity contribution is 5.84. The van der Waals surface area contributed by atoms with Crippen LogP contribution >= 0.6 is 0 Å². The third-order valence-electron chi connectivity index (χ3n) is 3.85. The van der Waals surface area contributed by atoms with Gasteiger partial charge in [0, 0.05) is 31.4 Å². The molecule has 0 aromatic heterocycles. The minimum Gasteiger partial charge on any atom is -0.353 e. The van der Waals surface area contributed by atoms with E-state index in [1.165, 1.54) is 44.2 Å². The average molecular weight is 283 g/mol. The molecule has 0 radical (unpaired) electrons. The van der Waals surface area contributed by atoms with E-state index in [2.05, 4.69) is 6.92 Å². The second-order valence-electron chi connectivity index (χ2n) is 5.62. The Labute approximate surface area is 125 Å². The van der Waals surface area contributed by atoms with E-state index in [-0.39, 0.29) is 6.29 Å². The fourth-order valence-electron chi connectivity index (χ4n) is 2.88. The first-order valence-electron chi connectivity index (χ1n) is 8.58. The van der Waals surface area contributed by atoms with Gasteiger partial charge in [0.15, 0.2) is 6.29 Å². The molecule has 0 N–H and O–H groups in total. The smallest absolute Gasteiger partial charge is 0.157 e. The molecular weight excluding hydrogens is 250 g/mol. The molecule has 3 heteroatoms. The lowest BCUT2D eigenvalue weighted by Gasteiger charge is -2.21. The first-order valence-corrected chi connectivity index (χ1v) is 8.58. The summed E-state index contributed by atoms with van der Waals surface area (Å²) in [4.78, 5) is 5.02. The normalized spacial score (nSPS) is 17.9. The molecule has 0 aromatic carbocycles. The van der Waals surface area contributed by atoms with E-state index in [0.717, 1.165) is 19.3 Å². The predicted octanol–water partition coefficient (Wildman–Crippen LogP) is 4.74. The lowest BCUT2D eigenvalue weighted by atomic mass is 9.95. The van der Waals surface area contributed by atoms with Crippen molar-refractivity contribution in [3.63, 3.8) is 0 Å². The van der Waals surface area contributed by atoms with Crippen molar-refractivity contribution >= 4 is 5.71 Å². The van der Waals surface area contributed by atoms with Gasteiger partial charge in [0.05, 0.1) is 0 Å². The van der Waals surface area contributed by atoms with Crippen LogP contribution in [0.3, 0.4) is 0 Å². The summed E-state index contributed by atoms with van der Waals surface area (Å²) < 4.78 is 11.2. The van der Waals surface area contributed by atoms with Gasteiger partial charge in [-0.2, -0.15) is 0 Å². The molecular formula is C17H33NO2. The standard InChI is InChI=1S/C17H33NO2/c1-4-10-15(18-16-11-8-7-9-12-16)13-14-17(19-5-2)20-6-3/h16-17H,4-14H2,1-3H3. The van der Waals surface area contributed by atoms with Crippen molar-refractivity contribution in [3.05, 3.63) is 0 Å². The van der Waals surface area contributed by atoms with Crippen molar-refractivity contribution in [1.82, 2.24) is 0 Å². The van der Waals surface area contributed by atoms with Gasteiger partial charge in [-0.1, -0.05) is 32.6 Å². The maximum Gasteiger partial charge on any atom is 0.157 e. The quantitative estimate of drug-likeness (QED) is 0.428. The monoisotopic (exact) mass is 283 g/mol. The van der Waals surface area contributed by atoms with E-state index in [1.807, 2.05) is 13.8 Å². The summed E-state index contributed by atoms with van der Waals surface area (Å²) in [7, 11) is 0. The van der Waals surface area contributed by atoms with Gasteiger partial charge < -0.3 is 9.47 Å². The Bertz CT molecular complexity index is 254. The Kier molecular flexibility index (Phi) is 9.94. The Morgan fingerprint density at radius 2 is 1.65 bits per heavy atom. The molecule has 1 aliphatic rings. The third kappa shape index (κ3) is 7.39. The van der Waals surface area contributed by atoms with Crippen LogP contribution in [0, 0.1) is 0 Å². The Hall–Kier alpha value is -0.410. The molecule has 0 heterocycles. The van der Waals surface area contributed by atoms with Crippen LogP contribution < -0.4 is 0 Å². The molecule has 0 saturated heterocycles. The van der Waals surface area contributed by atoms with E-state index >= 15 is 0 Å². The van der Waals surface area contributed by atoms with Gasteiger partial charge >= 0.3 is 0 Å². The van der Waals surface area contributed by atoms with Crippen LogP contribution in [-0.4, -0.2) is 31.3 Å². The number of hydrogen-bond donors (Lipinski definition) is 0. The van der Waals surface area contributed by atoms with Crippen LogP contribution in [-0.2, 0) is 9.47 Å². The number of rotatable bonds is 10. The largest absolute Gasteiger partial charge is 0.353 e. The van der Waals surface area contributed by atoms with Crippen molar-refractivity contribution in [3.8, 4) is 0 Å². The van der Waals surface area contributed by atoms with Crippen molar-refractivity contribution < 1.29 is 9.47 Å². The topological polar surface area (TPSA) is 30.8 Å². The fraction of sp³-hybridized carbons (Fsp3) is 0.941. The SMILES string of the molecule is CCCC(CCC(OCC)OCC)=NC1CCCCC1. The Balaban J connectivity index is 2.45. The van der Waals surface area contributed by atoms with E-state index in [9.17, 15) is 0 Å². The molecule has 0 unspecified atom stereocenters. The Morgan fingerprint density at radius 3 is 2.20 bits per heavy atom. The number of ether oxygens (including phenoxy) is 2. The second-order valence-corrected chi connectivity index (χ2v) is 5.62. The maximum atomic E-state index is 5.62. The number of aliphatic imine (C=N–C) groups is 1. The first-order chi connectivity index (χ1) is 9.80. The molecule has 0 aromatic rings. The highest BCUT2D eigenvalue weighted by atomic mass is 16.7.